The largest absolute Gasteiger partial charge is 0.489 e. The van der Waals surface area contributed by atoms with Gasteiger partial charge in [0.05, 0.1) is 11.0 Å². The topological polar surface area (TPSA) is 27.3 Å². The van der Waals surface area contributed by atoms with E-state index >= 15 is 0 Å². The first-order chi connectivity index (χ1) is 17.2. The van der Waals surface area contributed by atoms with Gasteiger partial charge in [-0.05, 0) is 67.1 Å². The Labute approximate surface area is 202 Å². The quantitative estimate of drug-likeness (QED) is 0.284. The Balaban J connectivity index is 1.51. The molecule has 6 aromatic rings. The van der Waals surface area contributed by atoms with Gasteiger partial charge in [0.25, 0.3) is 0 Å². The van der Waals surface area contributed by atoms with Crippen LogP contribution < -0.4 is 15.4 Å². The first kappa shape index (κ1) is 19.9. The van der Waals surface area contributed by atoms with Gasteiger partial charge in [0, 0.05) is 32.6 Å². The van der Waals surface area contributed by atoms with Crippen molar-refractivity contribution in [3.63, 3.8) is 0 Å². The van der Waals surface area contributed by atoms with Gasteiger partial charge in [-0.1, -0.05) is 54.6 Å². The van der Waals surface area contributed by atoms with Crippen LogP contribution in [0, 0.1) is 6.92 Å². The van der Waals surface area contributed by atoms with Crippen molar-refractivity contribution in [1.82, 2.24) is 4.57 Å². The molecule has 0 bridgehead atoms. The van der Waals surface area contributed by atoms with Crippen LogP contribution in [0.4, 0.5) is 0 Å². The number of aryl methyl sites for hydroxylation is 1. The fourth-order valence-electron chi connectivity index (χ4n) is 5.24. The first-order valence-corrected chi connectivity index (χ1v) is 11.8. The highest BCUT2D eigenvalue weighted by atomic mass is 16.5. The van der Waals surface area contributed by atoms with Crippen molar-refractivity contribution in [1.29, 1.82) is 0 Å². The average Bonchev–Trinajstić information content (AvgIpc) is 3.40. The van der Waals surface area contributed by atoms with E-state index in [2.05, 4.69) is 103 Å². The standard InChI is InChI=1S/C32H23NO2/c1-20-11-13-30-25(17-20)21(2)18-26-27-19-22(12-14-31(27)35-32(26)15-16-34-30)33-28-9-5-3-7-23(28)24-8-4-6-10-29(24)33/h3-15,17-19H,2,16H2,1H3/b26-18-,32-15+. The molecule has 4 aromatic carbocycles. The summed E-state index contributed by atoms with van der Waals surface area (Å²) < 4.78 is 14.7. The number of para-hydroxylation sites is 2. The fraction of sp³-hybridized carbons (Fsp3) is 0.0625. The van der Waals surface area contributed by atoms with Gasteiger partial charge in [-0.3, -0.25) is 0 Å². The molecule has 168 valence electrons. The SMILES string of the molecule is C=C1/C=c2\c(oc3ccc(-n4c5ccccc5c5ccccc54)cc23)=C/COc2ccc(C)cc21. The van der Waals surface area contributed by atoms with Gasteiger partial charge in [0.2, 0.25) is 0 Å². The lowest BCUT2D eigenvalue weighted by Gasteiger charge is -2.10. The van der Waals surface area contributed by atoms with E-state index in [0.29, 0.717) is 6.61 Å². The molecule has 0 amide bonds. The number of allylic oxidation sites excluding steroid dienone is 1. The molecule has 1 aliphatic heterocycles. The molecule has 35 heavy (non-hydrogen) atoms. The molecule has 3 heterocycles. The van der Waals surface area contributed by atoms with Crippen LogP contribution in [-0.2, 0) is 0 Å². The summed E-state index contributed by atoms with van der Waals surface area (Å²) in [7, 11) is 0. The highest BCUT2D eigenvalue weighted by molar-refractivity contribution is 6.09. The second-order valence-electron chi connectivity index (χ2n) is 9.11. The molecule has 7 rings (SSSR count). The van der Waals surface area contributed by atoms with Crippen molar-refractivity contribution in [2.45, 2.75) is 6.92 Å². The molecule has 0 fully saturated rings. The second kappa shape index (κ2) is 7.51. The summed E-state index contributed by atoms with van der Waals surface area (Å²) in [5.41, 5.74) is 8.24. The lowest BCUT2D eigenvalue weighted by molar-refractivity contribution is 0.371. The van der Waals surface area contributed by atoms with Crippen molar-refractivity contribution in [2.75, 3.05) is 6.61 Å². The summed E-state index contributed by atoms with van der Waals surface area (Å²) in [6, 6.07) is 29.8. The maximum absolute atomic E-state index is 6.28. The molecule has 0 saturated carbocycles. The molecule has 0 atom stereocenters. The summed E-state index contributed by atoms with van der Waals surface area (Å²) in [5, 5.41) is 4.60. The van der Waals surface area contributed by atoms with Crippen LogP contribution in [0.5, 0.6) is 5.75 Å². The van der Waals surface area contributed by atoms with E-state index in [0.717, 1.165) is 44.2 Å². The van der Waals surface area contributed by atoms with Gasteiger partial charge in [0.15, 0.2) is 0 Å². The molecule has 2 aromatic heterocycles. The Hall–Kier alpha value is -4.50. The van der Waals surface area contributed by atoms with Gasteiger partial charge < -0.3 is 13.7 Å². The lowest BCUT2D eigenvalue weighted by atomic mass is 10.0. The molecule has 0 radical (unpaired) electrons. The number of benzene rings is 4. The zero-order valence-corrected chi connectivity index (χ0v) is 19.4. The first-order valence-electron chi connectivity index (χ1n) is 11.8. The van der Waals surface area contributed by atoms with Gasteiger partial charge >= 0.3 is 0 Å². The summed E-state index contributed by atoms with van der Waals surface area (Å²) in [4.78, 5) is 0. The van der Waals surface area contributed by atoms with E-state index in [9.17, 15) is 0 Å². The molecular weight excluding hydrogens is 430 g/mol. The highest BCUT2D eigenvalue weighted by Gasteiger charge is 2.14. The van der Waals surface area contributed by atoms with Crippen LogP contribution in [-0.4, -0.2) is 11.2 Å². The number of aromatic nitrogens is 1. The fourth-order valence-corrected chi connectivity index (χ4v) is 5.24. The smallest absolute Gasteiger partial charge is 0.135 e. The minimum absolute atomic E-state index is 0.434. The summed E-state index contributed by atoms with van der Waals surface area (Å²) >= 11 is 0. The number of hydrogen-bond acceptors (Lipinski definition) is 2. The van der Waals surface area contributed by atoms with E-state index in [-0.39, 0.29) is 0 Å². The predicted octanol–water partition coefficient (Wildman–Crippen LogP) is 6.51. The van der Waals surface area contributed by atoms with Crippen molar-refractivity contribution in [3.8, 4) is 11.4 Å². The zero-order valence-electron chi connectivity index (χ0n) is 19.4. The molecule has 1 aliphatic rings. The van der Waals surface area contributed by atoms with Crippen LogP contribution in [0.15, 0.2) is 95.9 Å². The van der Waals surface area contributed by atoms with Crippen molar-refractivity contribution >= 4 is 50.5 Å². The third-order valence-electron chi connectivity index (χ3n) is 6.88. The van der Waals surface area contributed by atoms with E-state index in [1.165, 1.54) is 27.4 Å². The minimum Gasteiger partial charge on any atom is -0.489 e. The maximum Gasteiger partial charge on any atom is 0.135 e. The molecule has 0 aliphatic carbocycles. The third-order valence-corrected chi connectivity index (χ3v) is 6.88. The number of furan rings is 1. The summed E-state index contributed by atoms with van der Waals surface area (Å²) in [6.07, 6.45) is 4.13. The van der Waals surface area contributed by atoms with Crippen molar-refractivity contribution < 1.29 is 9.15 Å². The highest BCUT2D eigenvalue weighted by Crippen LogP contribution is 2.33. The Morgan fingerprint density at radius 1 is 0.800 bits per heavy atom. The van der Waals surface area contributed by atoms with Crippen LogP contribution >= 0.6 is 0 Å². The number of hydrogen-bond donors (Lipinski definition) is 0. The average molecular weight is 454 g/mol. The zero-order chi connectivity index (χ0) is 23.5. The van der Waals surface area contributed by atoms with E-state index in [4.69, 9.17) is 9.15 Å². The van der Waals surface area contributed by atoms with Crippen LogP contribution in [0.1, 0.15) is 11.1 Å². The summed E-state index contributed by atoms with van der Waals surface area (Å²) in [6.45, 7) is 6.90. The monoisotopic (exact) mass is 453 g/mol. The van der Waals surface area contributed by atoms with E-state index in [1.54, 1.807) is 0 Å². The minimum atomic E-state index is 0.434. The van der Waals surface area contributed by atoms with Crippen LogP contribution in [0.2, 0.25) is 0 Å². The molecular formula is C32H23NO2. The van der Waals surface area contributed by atoms with Gasteiger partial charge in [-0.2, -0.15) is 0 Å². The lowest BCUT2D eigenvalue weighted by Crippen LogP contribution is -2.21. The molecule has 3 nitrogen and oxygen atoms in total. The van der Waals surface area contributed by atoms with E-state index in [1.807, 2.05) is 12.1 Å². The number of rotatable bonds is 1. The predicted molar refractivity (Wildman–Crippen MR) is 144 cm³/mol. The van der Waals surface area contributed by atoms with Gasteiger partial charge in [0.1, 0.15) is 23.4 Å². The Morgan fingerprint density at radius 3 is 2.31 bits per heavy atom. The summed E-state index contributed by atoms with van der Waals surface area (Å²) in [5.74, 6) is 0.841. The van der Waals surface area contributed by atoms with Gasteiger partial charge in [-0.15, -0.1) is 0 Å². The van der Waals surface area contributed by atoms with Crippen LogP contribution in [0.3, 0.4) is 0 Å². The molecule has 0 N–H and O–H groups in total. The van der Waals surface area contributed by atoms with Gasteiger partial charge in [-0.25, -0.2) is 0 Å². The Morgan fingerprint density at radius 2 is 1.54 bits per heavy atom. The number of nitrogens with zero attached hydrogens (tertiary/aromatic N) is 1. The van der Waals surface area contributed by atoms with Crippen molar-refractivity contribution in [3.05, 3.63) is 113 Å². The molecule has 0 spiro atoms. The second-order valence-corrected chi connectivity index (χ2v) is 9.11. The van der Waals surface area contributed by atoms with E-state index < -0.39 is 0 Å². The molecule has 3 heteroatoms. The molecule has 0 unspecified atom stereocenters. The Bertz CT molecular complexity index is 1880. The normalized spacial score (nSPS) is 15.3. The maximum atomic E-state index is 6.28. The molecule has 0 saturated heterocycles. The number of ether oxygens (including phenoxy) is 1. The third kappa shape index (κ3) is 3.05. The Kier molecular flexibility index (Phi) is 4.27. The number of fused-ring (bicyclic) bond motifs is 7. The van der Waals surface area contributed by atoms with Crippen LogP contribution in [0.25, 0.3) is 56.2 Å². The van der Waals surface area contributed by atoms with Crippen molar-refractivity contribution in [2.24, 2.45) is 0 Å².